The molecule has 0 amide bonds. The molecule has 11 aromatic rings. The molecule has 0 unspecified atom stereocenters. The largest absolute Gasteiger partial charge is 0.290 e. The molecule has 0 aliphatic carbocycles. The van der Waals surface area contributed by atoms with Gasteiger partial charge in [-0.05, 0) is 63.4 Å². The van der Waals surface area contributed by atoms with Gasteiger partial charge in [0.2, 0.25) is 0 Å². The maximum absolute atomic E-state index is 5.28. The predicted molar refractivity (Wildman–Crippen MR) is 238 cm³/mol. The van der Waals surface area contributed by atoms with Crippen LogP contribution in [0.3, 0.4) is 0 Å². The maximum Gasteiger partial charge on any atom is 0.164 e. The fourth-order valence-electron chi connectivity index (χ4n) is 7.92. The van der Waals surface area contributed by atoms with Crippen molar-refractivity contribution in [2.24, 2.45) is 0 Å². The van der Waals surface area contributed by atoms with Gasteiger partial charge >= 0.3 is 0 Å². The van der Waals surface area contributed by atoms with Gasteiger partial charge in [0.05, 0.1) is 11.0 Å². The molecule has 0 saturated heterocycles. The second-order valence-corrected chi connectivity index (χ2v) is 14.4. The third-order valence-electron chi connectivity index (χ3n) is 10.8. The highest BCUT2D eigenvalue weighted by atomic mass is 15.1. The summed E-state index contributed by atoms with van der Waals surface area (Å²) < 4.78 is 2.22. The van der Waals surface area contributed by atoms with Crippen molar-refractivity contribution < 1.29 is 0 Å². The lowest BCUT2D eigenvalue weighted by molar-refractivity contribution is 1.07. The summed E-state index contributed by atoms with van der Waals surface area (Å²) in [5, 5.41) is 4.42. The fourth-order valence-corrected chi connectivity index (χ4v) is 7.92. The van der Waals surface area contributed by atoms with Gasteiger partial charge in [0.15, 0.2) is 23.3 Å². The lowest BCUT2D eigenvalue weighted by atomic mass is 10.0. The maximum atomic E-state index is 5.28. The predicted octanol–water partition coefficient (Wildman–Crippen LogP) is 12.3. The van der Waals surface area contributed by atoms with E-state index in [2.05, 4.69) is 137 Å². The second kappa shape index (κ2) is 14.4. The first-order valence-corrected chi connectivity index (χ1v) is 19.5. The van der Waals surface area contributed by atoms with E-state index in [4.69, 9.17) is 24.9 Å². The summed E-state index contributed by atoms with van der Waals surface area (Å²) >= 11 is 0. The minimum Gasteiger partial charge on any atom is -0.290 e. The van der Waals surface area contributed by atoms with E-state index in [1.165, 1.54) is 5.56 Å². The van der Waals surface area contributed by atoms with Crippen molar-refractivity contribution in [3.05, 3.63) is 201 Å². The number of aromatic nitrogens is 7. The Morgan fingerprint density at radius 3 is 1.41 bits per heavy atom. The van der Waals surface area contributed by atoms with Crippen molar-refractivity contribution in [2.45, 2.75) is 0 Å². The average Bonchev–Trinajstić information content (AvgIpc) is 3.74. The lowest BCUT2D eigenvalue weighted by Gasteiger charge is -2.13. The van der Waals surface area contributed by atoms with E-state index in [0.29, 0.717) is 17.5 Å². The average molecular weight is 756 g/mol. The van der Waals surface area contributed by atoms with Crippen LogP contribution in [-0.2, 0) is 0 Å². The third kappa shape index (κ3) is 6.18. The van der Waals surface area contributed by atoms with E-state index >= 15 is 0 Å². The molecule has 0 spiro atoms. The highest BCUT2D eigenvalue weighted by Gasteiger charge is 2.21. The molecule has 7 heteroatoms. The number of nitrogens with zero attached hydrogens (tertiary/aromatic N) is 7. The molecule has 0 aliphatic rings. The van der Waals surface area contributed by atoms with E-state index in [1.54, 1.807) is 0 Å². The number of hydrogen-bond acceptors (Lipinski definition) is 6. The van der Waals surface area contributed by atoms with Gasteiger partial charge in [-0.25, -0.2) is 19.9 Å². The summed E-state index contributed by atoms with van der Waals surface area (Å²) in [5.74, 6) is 2.65. The van der Waals surface area contributed by atoms with Crippen molar-refractivity contribution in [2.75, 3.05) is 0 Å². The lowest BCUT2D eigenvalue weighted by Crippen LogP contribution is -2.00. The Morgan fingerprint density at radius 2 is 0.814 bits per heavy atom. The number of benzene rings is 7. The van der Waals surface area contributed by atoms with Crippen LogP contribution in [0.4, 0.5) is 0 Å². The molecule has 0 fully saturated rings. The Balaban J connectivity index is 0.969. The Labute approximate surface area is 340 Å². The van der Waals surface area contributed by atoms with Gasteiger partial charge in [-0.2, -0.15) is 0 Å². The van der Waals surface area contributed by atoms with Crippen LogP contribution in [-0.4, -0.2) is 34.5 Å². The van der Waals surface area contributed by atoms with Gasteiger partial charge in [-0.3, -0.25) is 14.5 Å². The Morgan fingerprint density at radius 1 is 0.339 bits per heavy atom. The van der Waals surface area contributed by atoms with Crippen molar-refractivity contribution in [3.8, 4) is 73.6 Å². The molecule has 4 aromatic heterocycles. The number of pyridine rings is 2. The van der Waals surface area contributed by atoms with Crippen LogP contribution in [0.2, 0.25) is 0 Å². The molecule has 0 N–H and O–H groups in total. The zero-order valence-electron chi connectivity index (χ0n) is 31.7. The number of imidazole rings is 1. The standard InChI is InChI=1S/C52H33N7/c1-3-11-34(12-4-1)35-18-22-39(23-19-35)50-56-49(38-13-5-2-6-14-38)57-51(58-50)40-24-20-36(21-25-40)37-26-28-41(29-27-37)59-48-45-33-53-32-30-43(45)42-15-7-8-16-44(42)47(48)55-52(59)46-17-9-10-31-54-46/h1-33H. The van der Waals surface area contributed by atoms with Crippen molar-refractivity contribution in [3.63, 3.8) is 0 Å². The Kier molecular flexibility index (Phi) is 8.33. The van der Waals surface area contributed by atoms with Crippen LogP contribution in [0.5, 0.6) is 0 Å². The number of fused-ring (bicyclic) bond motifs is 6. The van der Waals surface area contributed by atoms with Gasteiger partial charge in [-0.1, -0.05) is 152 Å². The quantitative estimate of drug-likeness (QED) is 0.151. The first-order valence-electron chi connectivity index (χ1n) is 19.5. The molecule has 0 bridgehead atoms. The topological polar surface area (TPSA) is 82.3 Å². The van der Waals surface area contributed by atoms with E-state index in [0.717, 1.165) is 83.2 Å². The first kappa shape index (κ1) is 34.1. The summed E-state index contributed by atoms with van der Waals surface area (Å²) in [6.07, 6.45) is 5.61. The SMILES string of the molecule is c1ccc(-c2ccc(-c3nc(-c4ccccc4)nc(-c4ccc(-c5ccc(-n6c(-c7ccccn7)nc7c8ccccc8c8ccncc8c76)cc5)cc4)n3)cc2)cc1. The summed E-state index contributed by atoms with van der Waals surface area (Å²) in [4.78, 5) is 29.5. The van der Waals surface area contributed by atoms with Crippen LogP contribution < -0.4 is 0 Å². The molecule has 7 nitrogen and oxygen atoms in total. The van der Waals surface area contributed by atoms with Gasteiger partial charge in [0.1, 0.15) is 5.69 Å². The molecule has 4 heterocycles. The minimum atomic E-state index is 0.617. The van der Waals surface area contributed by atoms with E-state index < -0.39 is 0 Å². The molecule has 0 atom stereocenters. The van der Waals surface area contributed by atoms with Crippen LogP contribution >= 0.6 is 0 Å². The summed E-state index contributed by atoms with van der Waals surface area (Å²) in [7, 11) is 0. The van der Waals surface area contributed by atoms with Crippen molar-refractivity contribution in [1.82, 2.24) is 34.5 Å². The van der Waals surface area contributed by atoms with Crippen LogP contribution in [0.15, 0.2) is 201 Å². The van der Waals surface area contributed by atoms with E-state index in [-0.39, 0.29) is 0 Å². The summed E-state index contributed by atoms with van der Waals surface area (Å²) in [6.45, 7) is 0. The smallest absolute Gasteiger partial charge is 0.164 e. The van der Waals surface area contributed by atoms with E-state index in [9.17, 15) is 0 Å². The molecule has 11 rings (SSSR count). The molecule has 59 heavy (non-hydrogen) atoms. The monoisotopic (exact) mass is 755 g/mol. The summed E-state index contributed by atoms with van der Waals surface area (Å²) in [5.41, 5.74) is 10.9. The van der Waals surface area contributed by atoms with E-state index in [1.807, 2.05) is 73.2 Å². The van der Waals surface area contributed by atoms with Gasteiger partial charge in [-0.15, -0.1) is 0 Å². The molecular weight excluding hydrogens is 723 g/mol. The zero-order valence-corrected chi connectivity index (χ0v) is 31.7. The van der Waals surface area contributed by atoms with Crippen LogP contribution in [0, 0.1) is 0 Å². The van der Waals surface area contributed by atoms with Crippen LogP contribution in [0.25, 0.3) is 106 Å². The number of hydrogen-bond donors (Lipinski definition) is 0. The molecule has 0 saturated carbocycles. The highest BCUT2D eigenvalue weighted by Crippen LogP contribution is 2.39. The minimum absolute atomic E-state index is 0.617. The fraction of sp³-hybridized carbons (Fsp3) is 0. The van der Waals surface area contributed by atoms with Crippen molar-refractivity contribution >= 4 is 32.6 Å². The van der Waals surface area contributed by atoms with Gasteiger partial charge in [0, 0.05) is 51.7 Å². The number of rotatable bonds is 7. The highest BCUT2D eigenvalue weighted by molar-refractivity contribution is 6.24. The van der Waals surface area contributed by atoms with Crippen LogP contribution in [0.1, 0.15) is 0 Å². The zero-order chi connectivity index (χ0) is 39.1. The van der Waals surface area contributed by atoms with Gasteiger partial charge < -0.3 is 0 Å². The second-order valence-electron chi connectivity index (χ2n) is 14.4. The molecule has 276 valence electrons. The molecule has 0 radical (unpaired) electrons. The Bertz CT molecular complexity index is 3270. The molecular formula is C52H33N7. The summed E-state index contributed by atoms with van der Waals surface area (Å²) in [6, 6.07) is 62.4. The molecule has 7 aromatic carbocycles. The van der Waals surface area contributed by atoms with Crippen molar-refractivity contribution in [1.29, 1.82) is 0 Å². The Hall–Kier alpha value is -8.16. The third-order valence-corrected chi connectivity index (χ3v) is 10.8. The normalized spacial score (nSPS) is 11.4. The first-order chi connectivity index (χ1) is 29.2. The van der Waals surface area contributed by atoms with Gasteiger partial charge in [0.25, 0.3) is 0 Å². The molecule has 0 aliphatic heterocycles.